The number of furan rings is 1. The lowest BCUT2D eigenvalue weighted by Crippen LogP contribution is -2.03. The number of pyridine rings is 1. The molecule has 5 heteroatoms. The quantitative estimate of drug-likeness (QED) is 0.645. The predicted molar refractivity (Wildman–Crippen MR) is 64.4 cm³/mol. The number of aromatic nitrogens is 1. The van der Waals surface area contributed by atoms with E-state index in [1.165, 1.54) is 12.3 Å². The van der Waals surface area contributed by atoms with Gasteiger partial charge in [0.15, 0.2) is 0 Å². The molecule has 2 aromatic heterocycles. The highest BCUT2D eigenvalue weighted by Gasteiger charge is 2.30. The Kier molecular flexibility index (Phi) is 2.55. The minimum Gasteiger partial charge on any atom is -0.463 e. The second kappa shape index (κ2) is 4.12. The zero-order valence-corrected chi connectivity index (χ0v) is 9.61. The zero-order chi connectivity index (χ0) is 13.5. The largest absolute Gasteiger partial charge is 0.463 e. The first-order chi connectivity index (χ1) is 9.05. The third kappa shape index (κ3) is 2.07. The van der Waals surface area contributed by atoms with Crippen molar-refractivity contribution in [3.05, 3.63) is 54.6 Å². The molecular formula is C14H8F3NO. The van der Waals surface area contributed by atoms with Crippen LogP contribution in [0.4, 0.5) is 13.2 Å². The first-order valence-electron chi connectivity index (χ1n) is 5.54. The molecule has 0 saturated carbocycles. The van der Waals surface area contributed by atoms with E-state index in [1.807, 2.05) is 0 Å². The van der Waals surface area contributed by atoms with E-state index >= 15 is 0 Å². The molecule has 0 N–H and O–H groups in total. The summed E-state index contributed by atoms with van der Waals surface area (Å²) in [5, 5.41) is 1.08. The lowest BCUT2D eigenvalue weighted by molar-refractivity contribution is -0.137. The van der Waals surface area contributed by atoms with Gasteiger partial charge in [-0.1, -0.05) is 0 Å². The molecule has 96 valence electrons. The summed E-state index contributed by atoms with van der Waals surface area (Å²) in [5.41, 5.74) is 0.104. The molecule has 0 aliphatic rings. The van der Waals surface area contributed by atoms with Gasteiger partial charge in [0, 0.05) is 28.7 Å². The third-order valence-electron chi connectivity index (χ3n) is 2.87. The molecule has 0 atom stereocenters. The molecule has 2 heterocycles. The molecule has 0 fully saturated rings. The number of fused-ring (bicyclic) bond motifs is 1. The van der Waals surface area contributed by atoms with E-state index in [0.29, 0.717) is 16.5 Å². The molecule has 0 aliphatic heterocycles. The summed E-state index contributed by atoms with van der Waals surface area (Å²) in [6.45, 7) is 0. The average Bonchev–Trinajstić information content (AvgIpc) is 2.81. The standard InChI is InChI=1S/C14H8F3NO/c15-14(16,17)11-1-2-12-10(7-11)8-19-13(12)9-3-5-18-6-4-9/h1-8H. The summed E-state index contributed by atoms with van der Waals surface area (Å²) in [6.07, 6.45) is 0.199. The highest BCUT2D eigenvalue weighted by molar-refractivity contribution is 5.94. The molecule has 3 rings (SSSR count). The third-order valence-corrected chi connectivity index (χ3v) is 2.87. The van der Waals surface area contributed by atoms with E-state index in [-0.39, 0.29) is 0 Å². The van der Waals surface area contributed by atoms with Crippen LogP contribution < -0.4 is 0 Å². The average molecular weight is 263 g/mol. The Labute approximate surface area is 106 Å². The molecule has 0 radical (unpaired) electrons. The lowest BCUT2D eigenvalue weighted by atomic mass is 10.1. The Morgan fingerprint density at radius 2 is 1.74 bits per heavy atom. The van der Waals surface area contributed by atoms with Gasteiger partial charge >= 0.3 is 6.18 Å². The zero-order valence-electron chi connectivity index (χ0n) is 9.61. The highest BCUT2D eigenvalue weighted by atomic mass is 19.4. The molecule has 0 spiro atoms. The van der Waals surface area contributed by atoms with Gasteiger partial charge in [-0.25, -0.2) is 0 Å². The summed E-state index contributed by atoms with van der Waals surface area (Å²) in [4.78, 5) is 3.89. The maximum absolute atomic E-state index is 12.6. The maximum atomic E-state index is 12.6. The van der Waals surface area contributed by atoms with Gasteiger partial charge in [-0.15, -0.1) is 0 Å². The number of nitrogens with zero attached hydrogens (tertiary/aromatic N) is 1. The molecule has 3 aromatic rings. The normalized spacial score (nSPS) is 11.9. The Bertz CT molecular complexity index is 716. The van der Waals surface area contributed by atoms with Gasteiger partial charge in [0.05, 0.1) is 11.8 Å². The number of hydrogen-bond acceptors (Lipinski definition) is 2. The van der Waals surface area contributed by atoms with Crippen LogP contribution in [0.15, 0.2) is 53.4 Å². The Hall–Kier alpha value is -2.30. The van der Waals surface area contributed by atoms with E-state index in [4.69, 9.17) is 4.42 Å². The first-order valence-corrected chi connectivity index (χ1v) is 5.54. The minimum absolute atomic E-state index is 0.432. The van der Waals surface area contributed by atoms with E-state index in [0.717, 1.165) is 17.7 Å². The van der Waals surface area contributed by atoms with Crippen molar-refractivity contribution in [1.82, 2.24) is 4.98 Å². The van der Waals surface area contributed by atoms with E-state index in [9.17, 15) is 13.2 Å². The number of rotatable bonds is 1. The fourth-order valence-corrected chi connectivity index (χ4v) is 1.96. The van der Waals surface area contributed by atoms with Crippen molar-refractivity contribution in [1.29, 1.82) is 0 Å². The number of alkyl halides is 3. The SMILES string of the molecule is FC(F)(F)c1ccc2c(-c3ccncc3)occ2c1. The summed E-state index contributed by atoms with van der Waals surface area (Å²) < 4.78 is 43.2. The van der Waals surface area contributed by atoms with Gasteiger partial charge in [0.1, 0.15) is 5.76 Å². The second-order valence-corrected chi connectivity index (χ2v) is 4.10. The summed E-state index contributed by atoms with van der Waals surface area (Å²) in [5.74, 6) is 0.547. The smallest absolute Gasteiger partial charge is 0.416 e. The number of halogens is 3. The molecule has 0 saturated heterocycles. The molecule has 1 aromatic carbocycles. The van der Waals surface area contributed by atoms with Crippen molar-refractivity contribution >= 4 is 10.8 Å². The lowest BCUT2D eigenvalue weighted by Gasteiger charge is -2.05. The summed E-state index contributed by atoms with van der Waals surface area (Å²) in [7, 11) is 0. The van der Waals surface area contributed by atoms with Gasteiger partial charge in [-0.3, -0.25) is 4.98 Å². The second-order valence-electron chi connectivity index (χ2n) is 4.10. The molecule has 19 heavy (non-hydrogen) atoms. The molecule has 0 unspecified atom stereocenters. The molecule has 0 aliphatic carbocycles. The molecule has 0 bridgehead atoms. The fraction of sp³-hybridized carbons (Fsp3) is 0.0714. The number of benzene rings is 1. The first kappa shape index (κ1) is 11.8. The monoisotopic (exact) mass is 263 g/mol. The van der Waals surface area contributed by atoms with Crippen molar-refractivity contribution < 1.29 is 17.6 Å². The summed E-state index contributed by atoms with van der Waals surface area (Å²) >= 11 is 0. The van der Waals surface area contributed by atoms with Gasteiger partial charge in [-0.05, 0) is 30.3 Å². The van der Waals surface area contributed by atoms with Crippen molar-refractivity contribution in [2.24, 2.45) is 0 Å². The predicted octanol–water partition coefficient (Wildman–Crippen LogP) is 4.51. The Balaban J connectivity index is 2.16. The van der Waals surface area contributed by atoms with Crippen molar-refractivity contribution in [3.63, 3.8) is 0 Å². The van der Waals surface area contributed by atoms with E-state index < -0.39 is 11.7 Å². The van der Waals surface area contributed by atoms with Crippen LogP contribution in [0, 0.1) is 0 Å². The van der Waals surface area contributed by atoms with Crippen LogP contribution >= 0.6 is 0 Å². The summed E-state index contributed by atoms with van der Waals surface area (Å²) in [6, 6.07) is 7.06. The van der Waals surface area contributed by atoms with Gasteiger partial charge in [-0.2, -0.15) is 13.2 Å². The van der Waals surface area contributed by atoms with Crippen LogP contribution in [-0.4, -0.2) is 4.98 Å². The maximum Gasteiger partial charge on any atom is 0.416 e. The van der Waals surface area contributed by atoms with Crippen LogP contribution in [0.25, 0.3) is 22.1 Å². The van der Waals surface area contributed by atoms with Crippen LogP contribution in [0.2, 0.25) is 0 Å². The van der Waals surface area contributed by atoms with Crippen LogP contribution in [0.3, 0.4) is 0 Å². The van der Waals surface area contributed by atoms with E-state index in [2.05, 4.69) is 4.98 Å². The van der Waals surface area contributed by atoms with Crippen LogP contribution in [-0.2, 0) is 6.18 Å². The van der Waals surface area contributed by atoms with Gasteiger partial charge < -0.3 is 4.42 Å². The van der Waals surface area contributed by atoms with Crippen molar-refractivity contribution in [2.75, 3.05) is 0 Å². The minimum atomic E-state index is -4.34. The molecule has 2 nitrogen and oxygen atoms in total. The van der Waals surface area contributed by atoms with Crippen molar-refractivity contribution in [2.45, 2.75) is 6.18 Å². The van der Waals surface area contributed by atoms with Gasteiger partial charge in [0.25, 0.3) is 0 Å². The van der Waals surface area contributed by atoms with E-state index in [1.54, 1.807) is 24.5 Å². The fourth-order valence-electron chi connectivity index (χ4n) is 1.96. The van der Waals surface area contributed by atoms with Crippen LogP contribution in [0.1, 0.15) is 5.56 Å². The highest BCUT2D eigenvalue weighted by Crippen LogP contribution is 2.35. The Morgan fingerprint density at radius 1 is 1.00 bits per heavy atom. The Morgan fingerprint density at radius 3 is 2.42 bits per heavy atom. The number of hydrogen-bond donors (Lipinski definition) is 0. The topological polar surface area (TPSA) is 26.0 Å². The van der Waals surface area contributed by atoms with Crippen LogP contribution in [0.5, 0.6) is 0 Å². The molecule has 0 amide bonds. The van der Waals surface area contributed by atoms with Crippen molar-refractivity contribution in [3.8, 4) is 11.3 Å². The van der Waals surface area contributed by atoms with Gasteiger partial charge in [0.2, 0.25) is 0 Å². The molecular weight excluding hydrogens is 255 g/mol.